The van der Waals surface area contributed by atoms with Crippen LogP contribution in [-0.2, 0) is 10.9 Å². The van der Waals surface area contributed by atoms with Gasteiger partial charge in [-0.1, -0.05) is 0 Å². The van der Waals surface area contributed by atoms with E-state index in [1.54, 1.807) is 6.92 Å². The Morgan fingerprint density at radius 1 is 1.24 bits per heavy atom. The molecule has 1 fully saturated rings. The highest BCUT2D eigenvalue weighted by atomic mass is 19.4. The molecule has 0 saturated carbocycles. The van der Waals surface area contributed by atoms with Crippen LogP contribution in [0, 0.1) is 20.2 Å². The highest BCUT2D eigenvalue weighted by molar-refractivity contribution is 5.76. The van der Waals surface area contributed by atoms with Crippen LogP contribution < -0.4 is 4.90 Å². The van der Waals surface area contributed by atoms with E-state index < -0.39 is 38.6 Å². The van der Waals surface area contributed by atoms with Crippen LogP contribution in [0.1, 0.15) is 25.3 Å². The highest BCUT2D eigenvalue weighted by Crippen LogP contribution is 2.43. The molecule has 1 unspecified atom stereocenters. The number of nitro groups is 2. The molecule has 0 spiro atoms. The molecule has 11 heteroatoms. The van der Waals surface area contributed by atoms with E-state index in [-0.39, 0.29) is 19.2 Å². The van der Waals surface area contributed by atoms with E-state index in [1.165, 1.54) is 4.90 Å². The normalized spacial score (nSPS) is 18.2. The maximum Gasteiger partial charge on any atom is 0.416 e. The van der Waals surface area contributed by atoms with Gasteiger partial charge in [-0.05, 0) is 19.8 Å². The molecule has 1 aliphatic heterocycles. The van der Waals surface area contributed by atoms with Gasteiger partial charge in [-0.3, -0.25) is 20.2 Å². The molecular formula is C14H16F3N3O5. The average Bonchev–Trinajstić information content (AvgIpc) is 2.53. The topological polar surface area (TPSA) is 98.8 Å². The number of benzene rings is 1. The van der Waals surface area contributed by atoms with Crippen molar-refractivity contribution in [2.75, 3.05) is 24.6 Å². The lowest BCUT2D eigenvalue weighted by Gasteiger charge is -2.33. The van der Waals surface area contributed by atoms with Gasteiger partial charge < -0.3 is 9.64 Å². The minimum absolute atomic E-state index is 0.140. The summed E-state index contributed by atoms with van der Waals surface area (Å²) < 4.78 is 44.2. The second-order valence-electron chi connectivity index (χ2n) is 5.54. The summed E-state index contributed by atoms with van der Waals surface area (Å²) in [5, 5.41) is 22.6. The van der Waals surface area contributed by atoms with Crippen molar-refractivity contribution in [1.82, 2.24) is 0 Å². The number of hydrogen-bond donors (Lipinski definition) is 0. The van der Waals surface area contributed by atoms with E-state index in [2.05, 4.69) is 0 Å². The fourth-order valence-corrected chi connectivity index (χ4v) is 2.88. The molecule has 8 nitrogen and oxygen atoms in total. The summed E-state index contributed by atoms with van der Waals surface area (Å²) >= 11 is 0. The minimum Gasteiger partial charge on any atom is -0.377 e. The van der Waals surface area contributed by atoms with Crippen molar-refractivity contribution in [3.8, 4) is 0 Å². The molecule has 0 amide bonds. The molecule has 1 atom stereocenters. The summed E-state index contributed by atoms with van der Waals surface area (Å²) in [5.41, 5.74) is -3.70. The largest absolute Gasteiger partial charge is 0.416 e. The van der Waals surface area contributed by atoms with Crippen LogP contribution in [0.4, 0.5) is 30.2 Å². The van der Waals surface area contributed by atoms with E-state index in [4.69, 9.17) is 4.74 Å². The third kappa shape index (κ3) is 4.16. The van der Waals surface area contributed by atoms with Gasteiger partial charge in [-0.15, -0.1) is 0 Å². The Morgan fingerprint density at radius 3 is 2.24 bits per heavy atom. The number of piperidine rings is 1. The maximum absolute atomic E-state index is 12.9. The molecule has 1 aromatic carbocycles. The van der Waals surface area contributed by atoms with Gasteiger partial charge in [0.2, 0.25) is 0 Å². The summed E-state index contributed by atoms with van der Waals surface area (Å²) in [5.74, 6) is 0. The second-order valence-corrected chi connectivity index (χ2v) is 5.54. The molecule has 25 heavy (non-hydrogen) atoms. The smallest absolute Gasteiger partial charge is 0.377 e. The van der Waals surface area contributed by atoms with Crippen molar-refractivity contribution in [2.45, 2.75) is 32.0 Å². The van der Waals surface area contributed by atoms with E-state index >= 15 is 0 Å². The highest BCUT2D eigenvalue weighted by Gasteiger charge is 2.40. The van der Waals surface area contributed by atoms with Crippen molar-refractivity contribution in [2.24, 2.45) is 0 Å². The molecule has 1 aliphatic rings. The fourth-order valence-electron chi connectivity index (χ4n) is 2.88. The quantitative estimate of drug-likeness (QED) is 0.586. The molecule has 1 aromatic rings. The molecule has 0 aliphatic carbocycles. The molecule has 0 aromatic heterocycles. The zero-order chi connectivity index (χ0) is 18.8. The van der Waals surface area contributed by atoms with Crippen LogP contribution in [0.2, 0.25) is 0 Å². The minimum atomic E-state index is -4.93. The molecule has 0 bridgehead atoms. The first-order valence-corrected chi connectivity index (χ1v) is 7.55. The predicted octanol–water partition coefficient (Wildman–Crippen LogP) is 3.53. The zero-order valence-corrected chi connectivity index (χ0v) is 13.3. The van der Waals surface area contributed by atoms with Crippen LogP contribution >= 0.6 is 0 Å². The molecule has 2 rings (SSSR count). The lowest BCUT2D eigenvalue weighted by molar-refractivity contribution is -0.393. The number of halogens is 3. The number of alkyl halides is 3. The summed E-state index contributed by atoms with van der Waals surface area (Å²) in [6.07, 6.45) is -3.99. The van der Waals surface area contributed by atoms with Gasteiger partial charge in [0.1, 0.15) is 0 Å². The van der Waals surface area contributed by atoms with Crippen molar-refractivity contribution in [3.05, 3.63) is 37.9 Å². The van der Waals surface area contributed by atoms with Gasteiger partial charge in [0, 0.05) is 31.8 Å². The lowest BCUT2D eigenvalue weighted by Crippen LogP contribution is -2.40. The first-order chi connectivity index (χ1) is 11.6. The SMILES string of the molecule is CCOC1CCCN(c2c([N+](=O)[O-])cc(C(F)(F)F)cc2[N+](=O)[O-])C1. The first kappa shape index (κ1) is 18.9. The van der Waals surface area contributed by atoms with E-state index in [9.17, 15) is 33.4 Å². The van der Waals surface area contributed by atoms with Crippen molar-refractivity contribution in [3.63, 3.8) is 0 Å². The Morgan fingerprint density at radius 2 is 1.80 bits per heavy atom. The van der Waals surface area contributed by atoms with Crippen molar-refractivity contribution < 1.29 is 27.8 Å². The number of nitrogens with zero attached hydrogens (tertiary/aromatic N) is 3. The van der Waals surface area contributed by atoms with Crippen LogP contribution in [-0.4, -0.2) is 35.6 Å². The van der Waals surface area contributed by atoms with Crippen molar-refractivity contribution in [1.29, 1.82) is 0 Å². The lowest BCUT2D eigenvalue weighted by atomic mass is 10.0. The standard InChI is InChI=1S/C14H16F3N3O5/c1-2-25-10-4-3-5-18(8-10)13-11(19(21)22)6-9(14(15,16)17)7-12(13)20(23)24/h6-7,10H,2-5,8H2,1H3. The fraction of sp³-hybridized carbons (Fsp3) is 0.571. The van der Waals surface area contributed by atoms with Gasteiger partial charge >= 0.3 is 6.18 Å². The number of anilines is 1. The Hall–Kier alpha value is -2.43. The Balaban J connectivity index is 2.58. The predicted molar refractivity (Wildman–Crippen MR) is 81.6 cm³/mol. The van der Waals surface area contributed by atoms with E-state index in [0.717, 1.165) is 0 Å². The number of rotatable bonds is 5. The molecule has 1 heterocycles. The molecule has 1 saturated heterocycles. The van der Waals surface area contributed by atoms with Gasteiger partial charge in [-0.2, -0.15) is 13.2 Å². The average molecular weight is 363 g/mol. The zero-order valence-electron chi connectivity index (χ0n) is 13.3. The third-order valence-electron chi connectivity index (χ3n) is 3.89. The van der Waals surface area contributed by atoms with E-state index in [0.29, 0.717) is 31.6 Å². The van der Waals surface area contributed by atoms with Crippen molar-refractivity contribution >= 4 is 17.1 Å². The molecular weight excluding hydrogens is 347 g/mol. The summed E-state index contributed by atoms with van der Waals surface area (Å²) in [6, 6.07) is 0.680. The molecule has 138 valence electrons. The van der Waals surface area contributed by atoms with Crippen LogP contribution in [0.15, 0.2) is 12.1 Å². The Bertz CT molecular complexity index is 643. The van der Waals surface area contributed by atoms with Crippen LogP contribution in [0.5, 0.6) is 0 Å². The van der Waals surface area contributed by atoms with Gasteiger partial charge in [0.25, 0.3) is 11.4 Å². The third-order valence-corrected chi connectivity index (χ3v) is 3.89. The Labute approximate surface area is 140 Å². The number of hydrogen-bond acceptors (Lipinski definition) is 6. The van der Waals surface area contributed by atoms with Gasteiger partial charge in [-0.25, -0.2) is 0 Å². The first-order valence-electron chi connectivity index (χ1n) is 7.55. The van der Waals surface area contributed by atoms with Gasteiger partial charge in [0.15, 0.2) is 5.69 Å². The van der Waals surface area contributed by atoms with Crippen LogP contribution in [0.25, 0.3) is 0 Å². The summed E-state index contributed by atoms with van der Waals surface area (Å²) in [4.78, 5) is 21.9. The summed E-state index contributed by atoms with van der Waals surface area (Å²) in [7, 11) is 0. The Kier molecular flexibility index (Phi) is 5.45. The van der Waals surface area contributed by atoms with Crippen LogP contribution in [0.3, 0.4) is 0 Å². The van der Waals surface area contributed by atoms with E-state index in [1.807, 2.05) is 0 Å². The van der Waals surface area contributed by atoms with Gasteiger partial charge in [0.05, 0.1) is 21.5 Å². The number of ether oxygens (including phenoxy) is 1. The molecule has 0 N–H and O–H groups in total. The summed E-state index contributed by atoms with van der Waals surface area (Å²) in [6.45, 7) is 2.56. The molecule has 0 radical (unpaired) electrons. The maximum atomic E-state index is 12.9. The monoisotopic (exact) mass is 363 g/mol. The number of nitro benzene ring substituents is 2. The second kappa shape index (κ2) is 7.21.